The summed E-state index contributed by atoms with van der Waals surface area (Å²) in [6.45, 7) is 4.43. The molecule has 1 aromatic heterocycles. The summed E-state index contributed by atoms with van der Waals surface area (Å²) in [5, 5.41) is 8.36. The first-order valence-electron chi connectivity index (χ1n) is 13.7. The summed E-state index contributed by atoms with van der Waals surface area (Å²) in [4.78, 5) is 28.6. The van der Waals surface area contributed by atoms with E-state index in [-0.39, 0.29) is 35.3 Å². The molecule has 2 heterocycles. The van der Waals surface area contributed by atoms with Crippen LogP contribution in [-0.4, -0.2) is 54.7 Å². The summed E-state index contributed by atoms with van der Waals surface area (Å²) >= 11 is 7.75. The number of carbonyl (C=O) groups excluding carboxylic acids is 2. The van der Waals surface area contributed by atoms with Crippen molar-refractivity contribution in [3.63, 3.8) is 0 Å². The van der Waals surface area contributed by atoms with Crippen molar-refractivity contribution < 1.29 is 19.1 Å². The van der Waals surface area contributed by atoms with Gasteiger partial charge in [-0.25, -0.2) is 4.68 Å². The van der Waals surface area contributed by atoms with Crippen LogP contribution < -0.4 is 19.7 Å². The Morgan fingerprint density at radius 3 is 2.43 bits per heavy atom. The number of thioether (sulfide) groups is 1. The SMILES string of the molecule is COc1ccc(-n2nc(-c3ccc(Cl)cc3)c3c2N(CC(=O)NCC(C)C)C(=O)CS[C@H]3c2ccccc2OC)cc1. The standard InChI is InChI=1S/C32H33ClN4O4S/c1-20(2)17-34-27(38)18-36-28(39)19-42-31(25-7-5-6-8-26(25)41-4)29-30(21-9-11-22(33)12-10-21)35-37(32(29)36)23-13-15-24(40-3)16-14-23/h5-16,20,31H,17-19H2,1-4H3,(H,34,38)/t31-/m0/s1. The third-order valence-corrected chi connectivity index (χ3v) is 8.44. The second kappa shape index (κ2) is 12.9. The molecule has 1 N–H and O–H groups in total. The molecule has 0 saturated heterocycles. The third kappa shape index (κ3) is 6.12. The van der Waals surface area contributed by atoms with Gasteiger partial charge in [-0.2, -0.15) is 5.10 Å². The Kier molecular flexibility index (Phi) is 9.09. The Balaban J connectivity index is 1.78. The maximum atomic E-state index is 13.9. The summed E-state index contributed by atoms with van der Waals surface area (Å²) in [7, 11) is 3.25. The van der Waals surface area contributed by atoms with E-state index in [9.17, 15) is 9.59 Å². The second-order valence-electron chi connectivity index (χ2n) is 10.3. The van der Waals surface area contributed by atoms with Gasteiger partial charge in [0.25, 0.3) is 0 Å². The number of methoxy groups -OCH3 is 2. The molecule has 0 fully saturated rings. The number of benzene rings is 3. The smallest absolute Gasteiger partial charge is 0.240 e. The molecule has 4 aromatic rings. The van der Waals surface area contributed by atoms with E-state index in [0.717, 1.165) is 22.4 Å². The lowest BCUT2D eigenvalue weighted by atomic mass is 9.99. The van der Waals surface area contributed by atoms with Gasteiger partial charge < -0.3 is 14.8 Å². The van der Waals surface area contributed by atoms with Gasteiger partial charge in [-0.15, -0.1) is 11.8 Å². The number of hydrogen-bond donors (Lipinski definition) is 1. The number of rotatable bonds is 9. The van der Waals surface area contributed by atoms with Gasteiger partial charge in [-0.1, -0.05) is 55.8 Å². The highest BCUT2D eigenvalue weighted by Gasteiger charge is 2.38. The van der Waals surface area contributed by atoms with Crippen LogP contribution in [0.25, 0.3) is 16.9 Å². The fourth-order valence-corrected chi connectivity index (χ4v) is 6.24. The van der Waals surface area contributed by atoms with Crippen molar-refractivity contribution in [3.05, 3.63) is 88.9 Å². The number of hydrogen-bond acceptors (Lipinski definition) is 6. The zero-order valence-corrected chi connectivity index (χ0v) is 25.5. The van der Waals surface area contributed by atoms with Gasteiger partial charge in [0.15, 0.2) is 0 Å². The van der Waals surface area contributed by atoms with Crippen molar-refractivity contribution in [3.8, 4) is 28.4 Å². The number of amides is 2. The maximum Gasteiger partial charge on any atom is 0.240 e. The van der Waals surface area contributed by atoms with Crippen LogP contribution in [0.4, 0.5) is 5.82 Å². The Labute approximate surface area is 255 Å². The molecule has 42 heavy (non-hydrogen) atoms. The Bertz CT molecular complexity index is 1570. The van der Waals surface area contributed by atoms with Gasteiger partial charge in [0, 0.05) is 28.3 Å². The highest BCUT2D eigenvalue weighted by molar-refractivity contribution is 8.00. The van der Waals surface area contributed by atoms with E-state index in [0.29, 0.717) is 34.6 Å². The van der Waals surface area contributed by atoms with E-state index in [1.807, 2.05) is 86.6 Å². The number of aromatic nitrogens is 2. The molecule has 0 bridgehead atoms. The van der Waals surface area contributed by atoms with Gasteiger partial charge in [0.2, 0.25) is 11.8 Å². The number of nitrogens with one attached hydrogen (secondary N) is 1. The van der Waals surface area contributed by atoms with Gasteiger partial charge in [0.05, 0.1) is 36.6 Å². The third-order valence-electron chi connectivity index (χ3n) is 6.95. The van der Waals surface area contributed by atoms with Gasteiger partial charge in [-0.3, -0.25) is 14.5 Å². The zero-order valence-electron chi connectivity index (χ0n) is 24.0. The molecular formula is C32H33ClN4O4S. The second-order valence-corrected chi connectivity index (χ2v) is 11.8. The summed E-state index contributed by atoms with van der Waals surface area (Å²) in [6.07, 6.45) is 0. The molecule has 1 aliphatic heterocycles. The summed E-state index contributed by atoms with van der Waals surface area (Å²) in [5.41, 5.74) is 3.96. The van der Waals surface area contributed by atoms with Crippen LogP contribution in [0.1, 0.15) is 30.2 Å². The Morgan fingerprint density at radius 2 is 1.76 bits per heavy atom. The molecule has 0 radical (unpaired) electrons. The van der Waals surface area contributed by atoms with Crippen molar-refractivity contribution in [2.24, 2.45) is 5.92 Å². The fraction of sp³-hybridized carbons (Fsp3) is 0.281. The number of para-hydroxylation sites is 1. The minimum Gasteiger partial charge on any atom is -0.497 e. The van der Waals surface area contributed by atoms with Crippen LogP contribution in [0, 0.1) is 5.92 Å². The number of anilines is 1. The van der Waals surface area contributed by atoms with E-state index in [1.54, 1.807) is 23.8 Å². The van der Waals surface area contributed by atoms with Crippen LogP contribution in [0.2, 0.25) is 5.02 Å². The average Bonchev–Trinajstić information content (AvgIpc) is 3.33. The van der Waals surface area contributed by atoms with Crippen molar-refractivity contribution >= 4 is 41.0 Å². The number of ether oxygens (including phenoxy) is 2. The molecule has 8 nitrogen and oxygen atoms in total. The first-order chi connectivity index (χ1) is 20.3. The largest absolute Gasteiger partial charge is 0.497 e. The predicted octanol–water partition coefficient (Wildman–Crippen LogP) is 6.15. The molecule has 2 amide bonds. The predicted molar refractivity (Wildman–Crippen MR) is 168 cm³/mol. The number of nitrogens with zero attached hydrogens (tertiary/aromatic N) is 3. The average molecular weight is 605 g/mol. The maximum absolute atomic E-state index is 13.9. The lowest BCUT2D eigenvalue weighted by Gasteiger charge is -2.24. The van der Waals surface area contributed by atoms with Crippen molar-refractivity contribution in [1.29, 1.82) is 0 Å². The van der Waals surface area contributed by atoms with E-state index < -0.39 is 0 Å². The zero-order chi connectivity index (χ0) is 29.8. The van der Waals surface area contributed by atoms with Crippen LogP contribution in [0.15, 0.2) is 72.8 Å². The van der Waals surface area contributed by atoms with Crippen molar-refractivity contribution in [2.45, 2.75) is 19.1 Å². The molecule has 0 saturated carbocycles. The fourth-order valence-electron chi connectivity index (χ4n) is 4.89. The van der Waals surface area contributed by atoms with E-state index >= 15 is 0 Å². The van der Waals surface area contributed by atoms with Crippen LogP contribution in [0.3, 0.4) is 0 Å². The minimum absolute atomic E-state index is 0.139. The van der Waals surface area contributed by atoms with Crippen LogP contribution in [-0.2, 0) is 9.59 Å². The summed E-state index contributed by atoms with van der Waals surface area (Å²) < 4.78 is 12.9. The normalized spacial score (nSPS) is 14.9. The molecule has 0 aliphatic carbocycles. The number of carbonyl (C=O) groups is 2. The Hall–Kier alpha value is -3.95. The van der Waals surface area contributed by atoms with Crippen LogP contribution >= 0.6 is 23.4 Å². The quantitative estimate of drug-likeness (QED) is 0.247. The lowest BCUT2D eigenvalue weighted by molar-refractivity contribution is -0.123. The molecule has 0 unspecified atom stereocenters. The molecule has 0 spiro atoms. The number of halogens is 1. The van der Waals surface area contributed by atoms with Crippen LogP contribution in [0.5, 0.6) is 11.5 Å². The highest BCUT2D eigenvalue weighted by Crippen LogP contribution is 2.50. The first-order valence-corrected chi connectivity index (χ1v) is 15.1. The molecule has 218 valence electrons. The number of fused-ring (bicyclic) bond motifs is 1. The van der Waals surface area contributed by atoms with Gasteiger partial charge in [0.1, 0.15) is 23.9 Å². The van der Waals surface area contributed by atoms with E-state index in [1.165, 1.54) is 11.8 Å². The Morgan fingerprint density at radius 1 is 1.05 bits per heavy atom. The molecule has 1 aliphatic rings. The van der Waals surface area contributed by atoms with Crippen molar-refractivity contribution in [1.82, 2.24) is 15.1 Å². The lowest BCUT2D eigenvalue weighted by Crippen LogP contribution is -2.43. The van der Waals surface area contributed by atoms with Gasteiger partial charge in [-0.05, 0) is 48.4 Å². The first kappa shape index (κ1) is 29.5. The summed E-state index contributed by atoms with van der Waals surface area (Å²) in [5.74, 6) is 1.95. The molecular weight excluding hydrogens is 572 g/mol. The summed E-state index contributed by atoms with van der Waals surface area (Å²) in [6, 6.07) is 22.7. The molecule has 5 rings (SSSR count). The topological polar surface area (TPSA) is 85.7 Å². The van der Waals surface area contributed by atoms with Crippen molar-refractivity contribution in [2.75, 3.05) is 38.0 Å². The van der Waals surface area contributed by atoms with E-state index in [4.69, 9.17) is 26.2 Å². The highest BCUT2D eigenvalue weighted by atomic mass is 35.5. The molecule has 3 aromatic carbocycles. The monoisotopic (exact) mass is 604 g/mol. The molecule has 1 atom stereocenters. The molecule has 10 heteroatoms. The minimum atomic E-state index is -0.318. The van der Waals surface area contributed by atoms with Gasteiger partial charge >= 0.3 is 0 Å². The van der Waals surface area contributed by atoms with E-state index in [2.05, 4.69) is 5.32 Å².